The summed E-state index contributed by atoms with van der Waals surface area (Å²) in [4.78, 5) is 12.2. The van der Waals surface area contributed by atoms with Crippen molar-refractivity contribution < 1.29 is 17.9 Å². The molecule has 0 spiro atoms. The molecule has 1 heterocycles. The number of hydrogen-bond acceptors (Lipinski definition) is 5. The molecule has 28 heavy (non-hydrogen) atoms. The Labute approximate surface area is 165 Å². The third-order valence-corrected chi connectivity index (χ3v) is 5.87. The maximum atomic E-state index is 12.2. The van der Waals surface area contributed by atoms with Crippen molar-refractivity contribution in [3.8, 4) is 5.75 Å². The molecule has 0 bridgehead atoms. The largest absolute Gasteiger partial charge is 0.497 e. The van der Waals surface area contributed by atoms with E-state index in [1.165, 1.54) is 11.9 Å². The fraction of sp³-hybridized carbons (Fsp3) is 0.300. The van der Waals surface area contributed by atoms with Crippen LogP contribution in [-0.2, 0) is 14.8 Å². The number of amides is 1. The van der Waals surface area contributed by atoms with Gasteiger partial charge in [-0.3, -0.25) is 9.52 Å². The van der Waals surface area contributed by atoms with Gasteiger partial charge in [0.15, 0.2) is 0 Å². The second kappa shape index (κ2) is 8.02. The number of hydrogen-bond donors (Lipinski definition) is 1. The molecule has 0 fully saturated rings. The smallest absolute Gasteiger partial charge is 0.240 e. The van der Waals surface area contributed by atoms with Gasteiger partial charge < -0.3 is 4.74 Å². The highest BCUT2D eigenvalue weighted by molar-refractivity contribution is 7.92. The normalized spacial score (nSPS) is 16.6. The Hall–Kier alpha value is -2.87. The van der Waals surface area contributed by atoms with Crippen molar-refractivity contribution >= 4 is 27.3 Å². The van der Waals surface area contributed by atoms with E-state index in [0.29, 0.717) is 17.9 Å². The Morgan fingerprint density at radius 1 is 1.25 bits per heavy atom. The first-order valence-electron chi connectivity index (χ1n) is 8.95. The molecule has 2 aromatic carbocycles. The number of methoxy groups -OCH3 is 1. The van der Waals surface area contributed by atoms with E-state index in [-0.39, 0.29) is 17.7 Å². The molecule has 0 aromatic heterocycles. The highest BCUT2D eigenvalue weighted by Gasteiger charge is 2.31. The Bertz CT molecular complexity index is 1020. The molecule has 0 radical (unpaired) electrons. The predicted octanol–water partition coefficient (Wildman–Crippen LogP) is 3.15. The first-order valence-corrected chi connectivity index (χ1v) is 10.6. The first-order chi connectivity index (χ1) is 13.3. The molecule has 7 nitrogen and oxygen atoms in total. The van der Waals surface area contributed by atoms with E-state index in [0.717, 1.165) is 16.8 Å². The molecule has 1 atom stereocenters. The third kappa shape index (κ3) is 4.33. The average molecular weight is 401 g/mol. The molecule has 148 valence electrons. The minimum absolute atomic E-state index is 0.00575. The van der Waals surface area contributed by atoms with Gasteiger partial charge in [0.2, 0.25) is 15.9 Å². The van der Waals surface area contributed by atoms with Crippen LogP contribution >= 0.6 is 0 Å². The topological polar surface area (TPSA) is 88.1 Å². The van der Waals surface area contributed by atoms with Crippen LogP contribution in [0.15, 0.2) is 53.6 Å². The lowest BCUT2D eigenvalue weighted by Gasteiger charge is -2.20. The molecular weight excluding hydrogens is 378 g/mol. The summed E-state index contributed by atoms with van der Waals surface area (Å²) in [6.45, 7) is 3.06. The van der Waals surface area contributed by atoms with Crippen LogP contribution in [0.1, 0.15) is 37.4 Å². The number of anilines is 1. The lowest BCUT2D eigenvalue weighted by Crippen LogP contribution is -2.24. The maximum Gasteiger partial charge on any atom is 0.240 e. The summed E-state index contributed by atoms with van der Waals surface area (Å²) in [5.74, 6) is 0.546. The van der Waals surface area contributed by atoms with E-state index in [9.17, 15) is 13.2 Å². The number of benzene rings is 2. The minimum atomic E-state index is -3.37. The Morgan fingerprint density at radius 3 is 2.68 bits per heavy atom. The number of rotatable bonds is 6. The van der Waals surface area contributed by atoms with Crippen molar-refractivity contribution in [1.82, 2.24) is 5.01 Å². The molecule has 0 unspecified atom stereocenters. The van der Waals surface area contributed by atoms with Crippen molar-refractivity contribution in [2.75, 3.05) is 17.6 Å². The van der Waals surface area contributed by atoms with Crippen molar-refractivity contribution in [1.29, 1.82) is 0 Å². The van der Waals surface area contributed by atoms with E-state index in [4.69, 9.17) is 4.74 Å². The van der Waals surface area contributed by atoms with E-state index in [2.05, 4.69) is 9.82 Å². The molecule has 0 saturated carbocycles. The van der Waals surface area contributed by atoms with Crippen LogP contribution in [0.4, 0.5) is 5.69 Å². The van der Waals surface area contributed by atoms with Crippen molar-refractivity contribution in [2.24, 2.45) is 5.10 Å². The van der Waals surface area contributed by atoms with Crippen LogP contribution in [0.3, 0.4) is 0 Å². The molecule has 8 heteroatoms. The number of nitrogens with zero attached hydrogens (tertiary/aromatic N) is 2. The summed E-state index contributed by atoms with van der Waals surface area (Å²) >= 11 is 0. The van der Waals surface area contributed by atoms with Crippen LogP contribution in [0.25, 0.3) is 0 Å². The molecule has 3 rings (SSSR count). The quantitative estimate of drug-likeness (QED) is 0.805. The Balaban J connectivity index is 1.91. The molecule has 0 saturated heterocycles. The molecule has 1 aliphatic heterocycles. The Kier molecular flexibility index (Phi) is 5.69. The van der Waals surface area contributed by atoms with Crippen molar-refractivity contribution in [2.45, 2.75) is 26.3 Å². The highest BCUT2D eigenvalue weighted by atomic mass is 32.2. The van der Waals surface area contributed by atoms with Crippen molar-refractivity contribution in [3.05, 3.63) is 59.7 Å². The highest BCUT2D eigenvalue weighted by Crippen LogP contribution is 2.34. The zero-order valence-corrected chi connectivity index (χ0v) is 16.9. The number of carbonyl (C=O) groups is 1. The number of hydrazone groups is 1. The summed E-state index contributed by atoms with van der Waals surface area (Å²) in [7, 11) is -1.77. The van der Waals surface area contributed by atoms with Crippen molar-refractivity contribution in [3.63, 3.8) is 0 Å². The number of ether oxygens (including phenoxy) is 1. The fourth-order valence-electron chi connectivity index (χ4n) is 3.10. The zero-order chi connectivity index (χ0) is 20.3. The van der Waals surface area contributed by atoms with Crippen LogP contribution in [0, 0.1) is 0 Å². The lowest BCUT2D eigenvalue weighted by atomic mass is 9.98. The zero-order valence-electron chi connectivity index (χ0n) is 16.0. The predicted molar refractivity (Wildman–Crippen MR) is 109 cm³/mol. The van der Waals surface area contributed by atoms with Crippen LogP contribution < -0.4 is 9.46 Å². The van der Waals surface area contributed by atoms with Gasteiger partial charge in [0.25, 0.3) is 0 Å². The summed E-state index contributed by atoms with van der Waals surface area (Å²) in [6, 6.07) is 14.4. The second-order valence-electron chi connectivity index (χ2n) is 6.49. The standard InChI is InChI=1S/C20H23N3O4S/c1-4-28(25,26)22-17-9-5-7-15(11-17)19-13-20(23(21-19)14(2)24)16-8-6-10-18(12-16)27-3/h5-12,20,22H,4,13H2,1-3H3/t20-/m1/s1. The van der Waals surface area contributed by atoms with E-state index < -0.39 is 10.0 Å². The summed E-state index contributed by atoms with van der Waals surface area (Å²) < 4.78 is 31.5. The summed E-state index contributed by atoms with van der Waals surface area (Å²) in [6.07, 6.45) is 0.525. The average Bonchev–Trinajstić information content (AvgIpc) is 3.14. The number of sulfonamides is 1. The van der Waals surface area contributed by atoms with Gasteiger partial charge in [-0.2, -0.15) is 5.10 Å². The van der Waals surface area contributed by atoms with Gasteiger partial charge in [0.05, 0.1) is 24.6 Å². The molecule has 0 aliphatic carbocycles. The molecule has 1 aliphatic rings. The summed E-state index contributed by atoms with van der Waals surface area (Å²) in [5.41, 5.74) is 2.89. The van der Waals surface area contributed by atoms with Gasteiger partial charge in [-0.1, -0.05) is 24.3 Å². The molecular formula is C20H23N3O4S. The monoisotopic (exact) mass is 401 g/mol. The van der Waals surface area contributed by atoms with E-state index in [1.807, 2.05) is 30.3 Å². The van der Waals surface area contributed by atoms with E-state index >= 15 is 0 Å². The Morgan fingerprint density at radius 2 is 2.00 bits per heavy atom. The molecule has 1 amide bonds. The van der Waals surface area contributed by atoms with Gasteiger partial charge in [-0.15, -0.1) is 0 Å². The van der Waals surface area contributed by atoms with Gasteiger partial charge in [-0.25, -0.2) is 13.4 Å². The minimum Gasteiger partial charge on any atom is -0.497 e. The first kappa shape index (κ1) is 19.9. The van der Waals surface area contributed by atoms with Crippen LogP contribution in [-0.4, -0.2) is 37.9 Å². The number of carbonyl (C=O) groups excluding carboxylic acids is 1. The fourth-order valence-corrected chi connectivity index (χ4v) is 3.73. The maximum absolute atomic E-state index is 12.2. The van der Waals surface area contributed by atoms with Gasteiger partial charge in [0.1, 0.15) is 5.75 Å². The van der Waals surface area contributed by atoms with Gasteiger partial charge in [-0.05, 0) is 42.3 Å². The second-order valence-corrected chi connectivity index (χ2v) is 8.50. The molecule has 1 N–H and O–H groups in total. The van der Waals surface area contributed by atoms with Gasteiger partial charge in [0, 0.05) is 19.0 Å². The van der Waals surface area contributed by atoms with Crippen LogP contribution in [0.2, 0.25) is 0 Å². The van der Waals surface area contributed by atoms with Crippen LogP contribution in [0.5, 0.6) is 5.75 Å². The molecule has 2 aromatic rings. The third-order valence-electron chi connectivity index (χ3n) is 4.56. The van der Waals surface area contributed by atoms with Gasteiger partial charge >= 0.3 is 0 Å². The van der Waals surface area contributed by atoms with E-state index in [1.54, 1.807) is 32.2 Å². The summed E-state index contributed by atoms with van der Waals surface area (Å²) in [5, 5.41) is 5.98. The number of nitrogens with one attached hydrogen (secondary N) is 1. The SMILES string of the molecule is CCS(=O)(=O)Nc1cccc(C2=NN(C(C)=O)[C@@H](c3cccc(OC)c3)C2)c1. The lowest BCUT2D eigenvalue weighted by molar-refractivity contribution is -0.130.